The fourth-order valence-electron chi connectivity index (χ4n) is 1.85. The molecule has 122 valence electrons. The number of thioether (sulfide) groups is 1. The van der Waals surface area contributed by atoms with Crippen LogP contribution in [0.25, 0.3) is 0 Å². The van der Waals surface area contributed by atoms with Crippen molar-refractivity contribution < 1.29 is 9.59 Å². The second-order valence-corrected chi connectivity index (χ2v) is 6.69. The van der Waals surface area contributed by atoms with E-state index >= 15 is 0 Å². The van der Waals surface area contributed by atoms with E-state index in [4.69, 9.17) is 11.5 Å². The van der Waals surface area contributed by atoms with Crippen molar-refractivity contribution in [3.8, 4) is 0 Å². The minimum Gasteiger partial charge on any atom is -0.351 e. The maximum Gasteiger partial charge on any atom is 0.251 e. The van der Waals surface area contributed by atoms with Crippen LogP contribution in [-0.4, -0.2) is 30.7 Å². The molecule has 0 spiro atoms. The lowest BCUT2D eigenvalue weighted by molar-refractivity contribution is -0.118. The number of hydrogen-bond donors (Lipinski definition) is 3. The van der Waals surface area contributed by atoms with E-state index < -0.39 is 5.41 Å². The Morgan fingerprint density at radius 3 is 2.32 bits per heavy atom. The summed E-state index contributed by atoms with van der Waals surface area (Å²) < 4.78 is 0. The smallest absolute Gasteiger partial charge is 0.251 e. The Labute approximate surface area is 136 Å². The zero-order chi connectivity index (χ0) is 16.6. The Morgan fingerprint density at radius 1 is 1.14 bits per heavy atom. The number of nitrogens with one attached hydrogen (secondary N) is 1. The normalized spacial score (nSPS) is 11.3. The summed E-state index contributed by atoms with van der Waals surface area (Å²) in [7, 11) is 0. The molecule has 6 heteroatoms. The molecule has 1 aromatic carbocycles. The summed E-state index contributed by atoms with van der Waals surface area (Å²) in [5.74, 6) is 0.460. The lowest BCUT2D eigenvalue weighted by Crippen LogP contribution is -2.28. The summed E-state index contributed by atoms with van der Waals surface area (Å²) >= 11 is 1.29. The van der Waals surface area contributed by atoms with E-state index in [1.54, 1.807) is 12.1 Å². The molecule has 1 amide bonds. The van der Waals surface area contributed by atoms with Crippen LogP contribution in [0.3, 0.4) is 0 Å². The van der Waals surface area contributed by atoms with E-state index in [1.807, 2.05) is 26.0 Å². The summed E-state index contributed by atoms with van der Waals surface area (Å²) in [5.41, 5.74) is 12.1. The Balaban J connectivity index is 2.54. The van der Waals surface area contributed by atoms with Crippen LogP contribution in [0.1, 0.15) is 36.2 Å². The van der Waals surface area contributed by atoms with Crippen molar-refractivity contribution in [2.24, 2.45) is 16.9 Å². The molecular weight excluding hydrogens is 298 g/mol. The molecule has 0 aromatic heterocycles. The van der Waals surface area contributed by atoms with Gasteiger partial charge in [0.25, 0.3) is 5.91 Å². The summed E-state index contributed by atoms with van der Waals surface area (Å²) in [6.07, 6.45) is 0.680. The van der Waals surface area contributed by atoms with Crippen molar-refractivity contribution in [2.45, 2.75) is 26.0 Å². The SMILES string of the molecule is CC(C)(CCN)C(=O)SCc1ccc(C(=O)NCCN)cc1. The molecule has 22 heavy (non-hydrogen) atoms. The number of nitrogens with two attached hydrogens (primary N) is 2. The van der Waals surface area contributed by atoms with Gasteiger partial charge in [-0.3, -0.25) is 9.59 Å². The first-order valence-electron chi connectivity index (χ1n) is 7.35. The van der Waals surface area contributed by atoms with Gasteiger partial charge in [-0.1, -0.05) is 37.7 Å². The maximum absolute atomic E-state index is 12.2. The van der Waals surface area contributed by atoms with Crippen molar-refractivity contribution in [1.29, 1.82) is 0 Å². The van der Waals surface area contributed by atoms with Crippen LogP contribution in [0.15, 0.2) is 24.3 Å². The van der Waals surface area contributed by atoms with Crippen molar-refractivity contribution in [3.63, 3.8) is 0 Å². The summed E-state index contributed by atoms with van der Waals surface area (Å²) in [6.45, 7) is 5.22. The molecule has 0 atom stereocenters. The second kappa shape index (κ2) is 8.92. The molecule has 0 aliphatic rings. The molecule has 0 aliphatic carbocycles. The molecule has 0 fully saturated rings. The fourth-order valence-corrected chi connectivity index (χ4v) is 2.83. The van der Waals surface area contributed by atoms with Gasteiger partial charge in [0.05, 0.1) is 0 Å². The van der Waals surface area contributed by atoms with Crippen molar-refractivity contribution >= 4 is 22.8 Å². The van der Waals surface area contributed by atoms with E-state index in [-0.39, 0.29) is 11.0 Å². The third kappa shape index (κ3) is 5.79. The minimum absolute atomic E-state index is 0.134. The predicted octanol–water partition coefficient (Wildman–Crippen LogP) is 1.51. The first kappa shape index (κ1) is 18.7. The highest BCUT2D eigenvalue weighted by Crippen LogP contribution is 2.29. The summed E-state index contributed by atoms with van der Waals surface area (Å²) in [6, 6.07) is 7.26. The Morgan fingerprint density at radius 2 is 1.77 bits per heavy atom. The van der Waals surface area contributed by atoms with Gasteiger partial charge < -0.3 is 16.8 Å². The quantitative estimate of drug-likeness (QED) is 0.673. The topological polar surface area (TPSA) is 98.2 Å². The predicted molar refractivity (Wildman–Crippen MR) is 91.6 cm³/mol. The van der Waals surface area contributed by atoms with Crippen molar-refractivity contribution in [2.75, 3.05) is 19.6 Å². The van der Waals surface area contributed by atoms with Gasteiger partial charge in [-0.15, -0.1) is 0 Å². The second-order valence-electron chi connectivity index (χ2n) is 5.74. The van der Waals surface area contributed by atoms with Crippen LogP contribution in [0.2, 0.25) is 0 Å². The molecule has 0 radical (unpaired) electrons. The highest BCUT2D eigenvalue weighted by atomic mass is 32.2. The van der Waals surface area contributed by atoms with Crippen LogP contribution in [0.4, 0.5) is 0 Å². The number of benzene rings is 1. The molecule has 0 bridgehead atoms. The average Bonchev–Trinajstić information content (AvgIpc) is 2.50. The molecule has 5 nitrogen and oxygen atoms in total. The van der Waals surface area contributed by atoms with Crippen LogP contribution >= 0.6 is 11.8 Å². The van der Waals surface area contributed by atoms with Crippen molar-refractivity contribution in [1.82, 2.24) is 5.32 Å². The molecule has 1 aromatic rings. The molecular formula is C16H25N3O2S. The Bertz CT molecular complexity index is 501. The van der Waals surface area contributed by atoms with Crippen LogP contribution < -0.4 is 16.8 Å². The van der Waals surface area contributed by atoms with Crippen LogP contribution in [0, 0.1) is 5.41 Å². The van der Waals surface area contributed by atoms with Crippen LogP contribution in [-0.2, 0) is 10.5 Å². The van der Waals surface area contributed by atoms with Crippen molar-refractivity contribution in [3.05, 3.63) is 35.4 Å². The zero-order valence-corrected chi connectivity index (χ0v) is 14.0. The fraction of sp³-hybridized carbons (Fsp3) is 0.500. The highest BCUT2D eigenvalue weighted by Gasteiger charge is 2.26. The van der Waals surface area contributed by atoms with Gasteiger partial charge in [0.15, 0.2) is 5.12 Å². The van der Waals surface area contributed by atoms with Gasteiger partial charge in [-0.05, 0) is 30.7 Å². The monoisotopic (exact) mass is 323 g/mol. The molecule has 1 rings (SSSR count). The highest BCUT2D eigenvalue weighted by molar-refractivity contribution is 8.13. The number of hydrogen-bond acceptors (Lipinski definition) is 5. The molecule has 0 saturated heterocycles. The molecule has 0 unspecified atom stereocenters. The maximum atomic E-state index is 12.2. The van der Waals surface area contributed by atoms with E-state index in [0.29, 0.717) is 37.4 Å². The van der Waals surface area contributed by atoms with E-state index in [1.165, 1.54) is 11.8 Å². The third-order valence-corrected chi connectivity index (χ3v) is 4.63. The summed E-state index contributed by atoms with van der Waals surface area (Å²) in [5, 5.41) is 2.86. The van der Waals surface area contributed by atoms with E-state index in [0.717, 1.165) is 5.56 Å². The number of rotatable bonds is 8. The van der Waals surface area contributed by atoms with Gasteiger partial charge in [-0.25, -0.2) is 0 Å². The van der Waals surface area contributed by atoms with Gasteiger partial charge in [0.1, 0.15) is 0 Å². The first-order chi connectivity index (χ1) is 10.4. The van der Waals surface area contributed by atoms with E-state index in [2.05, 4.69) is 5.32 Å². The Hall–Kier alpha value is -1.37. The molecule has 5 N–H and O–H groups in total. The van der Waals surface area contributed by atoms with Gasteiger partial charge in [-0.2, -0.15) is 0 Å². The molecule has 0 aliphatic heterocycles. The van der Waals surface area contributed by atoms with Gasteiger partial charge >= 0.3 is 0 Å². The average molecular weight is 323 g/mol. The number of carbonyl (C=O) groups is 2. The third-order valence-electron chi connectivity index (χ3n) is 3.34. The molecule has 0 heterocycles. The summed E-state index contributed by atoms with van der Waals surface area (Å²) in [4.78, 5) is 23.9. The first-order valence-corrected chi connectivity index (χ1v) is 8.34. The number of carbonyl (C=O) groups excluding carboxylic acids is 2. The zero-order valence-electron chi connectivity index (χ0n) is 13.2. The van der Waals surface area contributed by atoms with Crippen LogP contribution in [0.5, 0.6) is 0 Å². The van der Waals surface area contributed by atoms with E-state index in [9.17, 15) is 9.59 Å². The lowest BCUT2D eigenvalue weighted by atomic mass is 9.91. The lowest BCUT2D eigenvalue weighted by Gasteiger charge is -2.21. The van der Waals surface area contributed by atoms with Gasteiger partial charge in [0, 0.05) is 29.8 Å². The minimum atomic E-state index is -0.401. The number of amides is 1. The van der Waals surface area contributed by atoms with Gasteiger partial charge in [0.2, 0.25) is 0 Å². The standard InChI is InChI=1S/C16H25N3O2S/c1-16(2,7-8-17)15(21)22-11-12-3-5-13(6-4-12)14(20)19-10-9-18/h3-6H,7-11,17-18H2,1-2H3,(H,19,20). The molecule has 0 saturated carbocycles. The Kier molecular flexibility index (Phi) is 7.58. The largest absolute Gasteiger partial charge is 0.351 e.